The molecule has 3 aromatic rings. The highest BCUT2D eigenvalue weighted by Gasteiger charge is 2.17. The van der Waals surface area contributed by atoms with Crippen LogP contribution in [0.15, 0.2) is 53.3 Å². The van der Waals surface area contributed by atoms with Crippen molar-refractivity contribution in [2.75, 3.05) is 19.0 Å². The summed E-state index contributed by atoms with van der Waals surface area (Å²) < 4.78 is 12.9. The number of hydrogen-bond donors (Lipinski definition) is 2. The molecule has 0 fully saturated rings. The molecule has 1 aromatic heterocycles. The summed E-state index contributed by atoms with van der Waals surface area (Å²) in [5.41, 5.74) is 0.524. The lowest BCUT2D eigenvalue weighted by atomic mass is 10.2. The molecule has 0 radical (unpaired) electrons. The van der Waals surface area contributed by atoms with Crippen molar-refractivity contribution in [2.24, 2.45) is 0 Å². The van der Waals surface area contributed by atoms with E-state index >= 15 is 0 Å². The second-order valence-electron chi connectivity index (χ2n) is 8.25. The maximum atomic E-state index is 13.4. The van der Waals surface area contributed by atoms with Gasteiger partial charge in [0.05, 0.1) is 16.2 Å². The van der Waals surface area contributed by atoms with Gasteiger partial charge in [0.25, 0.3) is 11.5 Å². The minimum Gasteiger partial charge on any atom is -0.490 e. The highest BCUT2D eigenvalue weighted by atomic mass is 32.1. The Hall–Kier alpha value is -4.20. The van der Waals surface area contributed by atoms with Crippen molar-refractivity contribution in [2.45, 2.75) is 32.9 Å². The van der Waals surface area contributed by atoms with E-state index in [1.807, 2.05) is 44.2 Å². The van der Waals surface area contributed by atoms with Crippen molar-refractivity contribution < 1.29 is 24.2 Å². The molecule has 0 bridgehead atoms. The number of carbonyl (C=O) groups excluding carboxylic acids is 1. The molecule has 0 saturated heterocycles. The van der Waals surface area contributed by atoms with Crippen LogP contribution in [0.4, 0.5) is 5.69 Å². The number of anilines is 1. The van der Waals surface area contributed by atoms with Crippen LogP contribution < -0.4 is 24.8 Å². The lowest BCUT2D eigenvalue weighted by Crippen LogP contribution is -2.34. The zero-order valence-corrected chi connectivity index (χ0v) is 21.5. The van der Waals surface area contributed by atoms with Crippen molar-refractivity contribution in [3.63, 3.8) is 0 Å². The van der Waals surface area contributed by atoms with Crippen LogP contribution >= 0.6 is 11.3 Å². The van der Waals surface area contributed by atoms with Crippen molar-refractivity contribution in [3.05, 3.63) is 79.2 Å². The van der Waals surface area contributed by atoms with Crippen LogP contribution in [-0.4, -0.2) is 41.4 Å². The van der Waals surface area contributed by atoms with Gasteiger partial charge in [-0.25, -0.2) is 4.79 Å². The maximum absolute atomic E-state index is 13.4. The second-order valence-corrected chi connectivity index (χ2v) is 9.28. The number of aromatic nitrogens is 1. The first kappa shape index (κ1) is 27.4. The van der Waals surface area contributed by atoms with Crippen molar-refractivity contribution in [1.29, 1.82) is 5.26 Å². The highest BCUT2D eigenvalue weighted by molar-refractivity contribution is 7.07. The van der Waals surface area contributed by atoms with Gasteiger partial charge >= 0.3 is 5.97 Å². The Kier molecular flexibility index (Phi) is 9.38. The monoisotopic (exact) mass is 521 g/mol. The molecular formula is C27H27N3O6S. The third-order valence-electron chi connectivity index (χ3n) is 5.15. The van der Waals surface area contributed by atoms with E-state index in [1.54, 1.807) is 13.2 Å². The summed E-state index contributed by atoms with van der Waals surface area (Å²) in [5.74, 6) is -1.18. The number of nitrogens with zero attached hydrogens (tertiary/aromatic N) is 2. The van der Waals surface area contributed by atoms with Crippen LogP contribution in [-0.2, 0) is 16.1 Å². The molecule has 0 aliphatic carbocycles. The average Bonchev–Trinajstić information content (AvgIpc) is 3.15. The van der Waals surface area contributed by atoms with Gasteiger partial charge in [0.2, 0.25) is 0 Å². The molecule has 37 heavy (non-hydrogen) atoms. The highest BCUT2D eigenvalue weighted by Crippen LogP contribution is 2.20. The number of nitrogens with one attached hydrogen (secondary N) is 1. The van der Waals surface area contributed by atoms with Gasteiger partial charge in [0, 0.05) is 31.5 Å². The fourth-order valence-corrected chi connectivity index (χ4v) is 4.58. The van der Waals surface area contributed by atoms with E-state index in [2.05, 4.69) is 5.32 Å². The van der Waals surface area contributed by atoms with E-state index in [0.29, 0.717) is 34.6 Å². The molecule has 0 atom stereocenters. The molecule has 0 saturated carbocycles. The smallest absolute Gasteiger partial charge is 0.335 e. The molecular weight excluding hydrogens is 494 g/mol. The fourth-order valence-electron chi connectivity index (χ4n) is 3.46. The van der Waals surface area contributed by atoms with E-state index in [9.17, 15) is 19.6 Å². The standard InChI is InChI=1S/C27H27N3O6S/c1-17(2)36-22-8-5-4-7-19(22)15-23-25(32)30(13-6-14-35-3)26(37-23)21(16-28)24(31)29-20-11-9-18(10-12-20)27(33)34/h4-5,7-12,15,17H,6,13-14H2,1-3H3,(H,29,31)(H,33,34)/b23-15-,26-21+. The van der Waals surface area contributed by atoms with Gasteiger partial charge in [-0.1, -0.05) is 18.2 Å². The Balaban J connectivity index is 2.12. The molecule has 0 spiro atoms. The summed E-state index contributed by atoms with van der Waals surface area (Å²) in [5, 5.41) is 21.6. The number of benzene rings is 2. The Morgan fingerprint density at radius 1 is 1.19 bits per heavy atom. The normalized spacial score (nSPS) is 12.2. The first-order valence-electron chi connectivity index (χ1n) is 11.5. The number of carboxylic acid groups (broad SMARTS) is 1. The van der Waals surface area contributed by atoms with Crippen molar-refractivity contribution in [3.8, 4) is 11.8 Å². The summed E-state index contributed by atoms with van der Waals surface area (Å²) in [6, 6.07) is 14.8. The van der Waals surface area contributed by atoms with Gasteiger partial charge in [0.1, 0.15) is 16.5 Å². The first-order chi connectivity index (χ1) is 17.7. The Labute approximate surface area is 217 Å². The molecule has 2 N–H and O–H groups in total. The summed E-state index contributed by atoms with van der Waals surface area (Å²) in [6.07, 6.45) is 2.13. The number of para-hydroxylation sites is 1. The molecule has 9 nitrogen and oxygen atoms in total. The topological polar surface area (TPSA) is 131 Å². The van der Waals surface area contributed by atoms with Crippen LogP contribution in [0.1, 0.15) is 36.2 Å². The van der Waals surface area contributed by atoms with Crippen LogP contribution in [0, 0.1) is 11.3 Å². The number of nitriles is 1. The van der Waals surface area contributed by atoms with Crippen LogP contribution in [0.3, 0.4) is 0 Å². The van der Waals surface area contributed by atoms with Crippen LogP contribution in [0.5, 0.6) is 5.75 Å². The minimum atomic E-state index is -1.09. The second kappa shape index (κ2) is 12.7. The summed E-state index contributed by atoms with van der Waals surface area (Å²) in [7, 11) is 1.55. The van der Waals surface area contributed by atoms with Gasteiger partial charge in [-0.2, -0.15) is 5.26 Å². The first-order valence-corrected chi connectivity index (χ1v) is 12.3. The zero-order chi connectivity index (χ0) is 26.9. The predicted octanol–water partition coefficient (Wildman–Crippen LogP) is 2.57. The Morgan fingerprint density at radius 2 is 1.89 bits per heavy atom. The number of aromatic carboxylic acids is 1. The maximum Gasteiger partial charge on any atom is 0.335 e. The number of carbonyl (C=O) groups is 2. The van der Waals surface area contributed by atoms with Crippen molar-refractivity contribution >= 4 is 40.5 Å². The van der Waals surface area contributed by atoms with E-state index in [1.165, 1.54) is 28.8 Å². The van der Waals surface area contributed by atoms with E-state index < -0.39 is 11.9 Å². The number of amides is 1. The largest absolute Gasteiger partial charge is 0.490 e. The molecule has 10 heteroatoms. The SMILES string of the molecule is COCCCn1c(=O)/c(=C/c2ccccc2OC(C)C)s/c1=C(\C#N)C(=O)Nc1ccc(C(=O)O)cc1. The molecule has 1 amide bonds. The summed E-state index contributed by atoms with van der Waals surface area (Å²) in [4.78, 5) is 37.5. The molecule has 1 heterocycles. The molecule has 0 aliphatic heterocycles. The zero-order valence-electron chi connectivity index (χ0n) is 20.7. The van der Waals surface area contributed by atoms with Gasteiger partial charge in [-0.05, 0) is 56.7 Å². The lowest BCUT2D eigenvalue weighted by molar-refractivity contribution is -0.111. The van der Waals surface area contributed by atoms with Gasteiger partial charge in [0.15, 0.2) is 5.57 Å². The average molecular weight is 522 g/mol. The third-order valence-corrected chi connectivity index (χ3v) is 6.28. The summed E-state index contributed by atoms with van der Waals surface area (Å²) >= 11 is 1.04. The number of rotatable bonds is 10. The van der Waals surface area contributed by atoms with Crippen LogP contribution in [0.2, 0.25) is 0 Å². The fraction of sp³-hybridized carbons (Fsp3) is 0.259. The molecule has 0 aliphatic rings. The quantitative estimate of drug-likeness (QED) is 0.392. The Bertz CT molecular complexity index is 1500. The number of thiazole rings is 1. The molecule has 192 valence electrons. The van der Waals surface area contributed by atoms with Gasteiger partial charge in [-0.3, -0.25) is 14.2 Å². The molecule has 0 unspecified atom stereocenters. The number of carboxylic acids is 1. The van der Waals surface area contributed by atoms with E-state index in [4.69, 9.17) is 14.6 Å². The van der Waals surface area contributed by atoms with E-state index in [0.717, 1.165) is 11.3 Å². The van der Waals surface area contributed by atoms with Crippen molar-refractivity contribution in [1.82, 2.24) is 4.57 Å². The molecule has 2 aromatic carbocycles. The lowest BCUT2D eigenvalue weighted by Gasteiger charge is -2.11. The summed E-state index contributed by atoms with van der Waals surface area (Å²) in [6.45, 7) is 4.47. The van der Waals surface area contributed by atoms with E-state index in [-0.39, 0.29) is 34.0 Å². The Morgan fingerprint density at radius 3 is 2.51 bits per heavy atom. The predicted molar refractivity (Wildman–Crippen MR) is 141 cm³/mol. The third kappa shape index (κ3) is 6.94. The number of methoxy groups -OCH3 is 1. The minimum absolute atomic E-state index is 0.0640. The molecule has 3 rings (SSSR count). The number of ether oxygens (including phenoxy) is 2. The van der Waals surface area contributed by atoms with Gasteiger partial charge in [-0.15, -0.1) is 11.3 Å². The number of hydrogen-bond acceptors (Lipinski definition) is 7. The van der Waals surface area contributed by atoms with Gasteiger partial charge < -0.3 is 19.9 Å². The van der Waals surface area contributed by atoms with Crippen LogP contribution in [0.25, 0.3) is 11.6 Å².